The normalized spacial score (nSPS) is 16.0. The molecule has 1 fully saturated rings. The second-order valence-electron chi connectivity index (χ2n) is 6.28. The van der Waals surface area contributed by atoms with Crippen LogP contribution in [-0.4, -0.2) is 67.1 Å². The van der Waals surface area contributed by atoms with Crippen LogP contribution in [0.5, 0.6) is 0 Å². The number of likely N-dealkylation sites (N-methyl/N-ethyl adjacent to an activating group) is 1. The van der Waals surface area contributed by atoms with Crippen molar-refractivity contribution in [3.8, 4) is 6.07 Å². The molecule has 0 aliphatic carbocycles. The van der Waals surface area contributed by atoms with Crippen molar-refractivity contribution in [1.82, 2.24) is 14.8 Å². The summed E-state index contributed by atoms with van der Waals surface area (Å²) in [5, 5.41) is 9.59. The molecule has 0 radical (unpaired) electrons. The maximum atomic E-state index is 11.9. The molecule has 25 heavy (non-hydrogen) atoms. The molecule has 2 N–H and O–H groups in total. The highest BCUT2D eigenvalue weighted by molar-refractivity contribution is 7.22. The summed E-state index contributed by atoms with van der Waals surface area (Å²) in [5.41, 5.74) is 6.93. The number of thiazole rings is 1. The molecule has 0 bridgehead atoms. The molecule has 132 valence electrons. The fraction of sp³-hybridized carbons (Fsp3) is 0.471. The zero-order chi connectivity index (χ0) is 17.8. The van der Waals surface area contributed by atoms with Gasteiger partial charge in [-0.15, -0.1) is 0 Å². The predicted molar refractivity (Wildman–Crippen MR) is 99.8 cm³/mol. The standard InChI is InChI=1S/C17H22N6OS/c1-21-7-9-22(10-8-21)5-2-6-23(16(19)24)17-20-14-4-3-13(12-18)11-15(14)25-17/h3-4,11H,2,5-10H2,1H3,(H2,19,24). The number of anilines is 1. The summed E-state index contributed by atoms with van der Waals surface area (Å²) in [6.45, 7) is 5.78. The SMILES string of the molecule is CN1CCN(CCCN(C(N)=O)c2nc3ccc(C#N)cc3s2)CC1. The molecule has 0 unspecified atom stereocenters. The Bertz CT molecular complexity index is 790. The lowest BCUT2D eigenvalue weighted by Crippen LogP contribution is -2.45. The van der Waals surface area contributed by atoms with Crippen LogP contribution >= 0.6 is 11.3 Å². The number of carbonyl (C=O) groups is 1. The molecule has 0 spiro atoms. The van der Waals surface area contributed by atoms with Gasteiger partial charge in [0.2, 0.25) is 0 Å². The van der Waals surface area contributed by atoms with E-state index in [2.05, 4.69) is 27.9 Å². The molecule has 1 aliphatic rings. The number of hydrogen-bond acceptors (Lipinski definition) is 6. The number of nitrogens with zero attached hydrogens (tertiary/aromatic N) is 5. The Labute approximate surface area is 151 Å². The lowest BCUT2D eigenvalue weighted by molar-refractivity contribution is 0.153. The number of carbonyl (C=O) groups excluding carboxylic acids is 1. The van der Waals surface area contributed by atoms with E-state index in [0.717, 1.165) is 49.4 Å². The molecule has 2 amide bonds. The number of urea groups is 1. The van der Waals surface area contributed by atoms with E-state index in [4.69, 9.17) is 11.0 Å². The summed E-state index contributed by atoms with van der Waals surface area (Å²) in [4.78, 5) is 22.6. The number of primary amides is 1. The molecule has 7 nitrogen and oxygen atoms in total. The van der Waals surface area contributed by atoms with Crippen LogP contribution in [0.25, 0.3) is 10.2 Å². The van der Waals surface area contributed by atoms with Crippen LogP contribution in [0.3, 0.4) is 0 Å². The van der Waals surface area contributed by atoms with Gasteiger partial charge in [0.15, 0.2) is 5.13 Å². The van der Waals surface area contributed by atoms with Gasteiger partial charge >= 0.3 is 6.03 Å². The third-order valence-corrected chi connectivity index (χ3v) is 5.50. The van der Waals surface area contributed by atoms with E-state index in [1.165, 1.54) is 16.2 Å². The summed E-state index contributed by atoms with van der Waals surface area (Å²) in [7, 11) is 2.14. The zero-order valence-corrected chi connectivity index (χ0v) is 15.1. The number of aromatic nitrogens is 1. The highest BCUT2D eigenvalue weighted by Crippen LogP contribution is 2.29. The molecule has 1 aliphatic heterocycles. The van der Waals surface area contributed by atoms with Gasteiger partial charge in [-0.05, 0) is 38.2 Å². The smallest absolute Gasteiger partial charge is 0.321 e. The number of piperazine rings is 1. The van der Waals surface area contributed by atoms with E-state index in [0.29, 0.717) is 17.2 Å². The minimum absolute atomic E-state index is 0.488. The average Bonchev–Trinajstić information content (AvgIpc) is 3.02. The quantitative estimate of drug-likeness (QED) is 0.878. The number of hydrogen-bond donors (Lipinski definition) is 1. The van der Waals surface area contributed by atoms with Crippen molar-refractivity contribution in [2.45, 2.75) is 6.42 Å². The van der Waals surface area contributed by atoms with Crippen LogP contribution in [-0.2, 0) is 0 Å². The minimum Gasteiger partial charge on any atom is -0.351 e. The van der Waals surface area contributed by atoms with Crippen LogP contribution in [0, 0.1) is 11.3 Å². The minimum atomic E-state index is -0.488. The summed E-state index contributed by atoms with van der Waals surface area (Å²) in [6, 6.07) is 6.96. The molecule has 3 rings (SSSR count). The third-order valence-electron chi connectivity index (χ3n) is 4.46. The number of benzene rings is 1. The first-order chi connectivity index (χ1) is 12.1. The van der Waals surface area contributed by atoms with Crippen LogP contribution in [0.4, 0.5) is 9.93 Å². The maximum absolute atomic E-state index is 11.9. The number of fused-ring (bicyclic) bond motifs is 1. The second-order valence-corrected chi connectivity index (χ2v) is 7.29. The van der Waals surface area contributed by atoms with Gasteiger partial charge in [0.25, 0.3) is 0 Å². The van der Waals surface area contributed by atoms with Gasteiger partial charge in [0.05, 0.1) is 21.8 Å². The van der Waals surface area contributed by atoms with Crippen molar-refractivity contribution < 1.29 is 4.79 Å². The summed E-state index contributed by atoms with van der Waals surface area (Å²) in [6.07, 6.45) is 0.853. The Kier molecular flexibility index (Phi) is 5.48. The molecule has 8 heteroatoms. The van der Waals surface area contributed by atoms with Gasteiger partial charge in [-0.1, -0.05) is 11.3 Å². The number of rotatable bonds is 5. The van der Waals surface area contributed by atoms with Crippen LogP contribution in [0.1, 0.15) is 12.0 Å². The monoisotopic (exact) mass is 358 g/mol. The largest absolute Gasteiger partial charge is 0.351 e. The molecule has 1 aromatic heterocycles. The Morgan fingerprint density at radius 3 is 2.84 bits per heavy atom. The van der Waals surface area contributed by atoms with Crippen LogP contribution < -0.4 is 10.6 Å². The molecule has 2 heterocycles. The molecular formula is C17H22N6OS. The first-order valence-corrected chi connectivity index (χ1v) is 9.17. The van der Waals surface area contributed by atoms with Crippen molar-refractivity contribution in [2.75, 3.05) is 51.2 Å². The molecule has 2 aromatic rings. The van der Waals surface area contributed by atoms with Crippen molar-refractivity contribution in [3.63, 3.8) is 0 Å². The lowest BCUT2D eigenvalue weighted by atomic mass is 10.2. The predicted octanol–water partition coefficient (Wildman–Crippen LogP) is 1.69. The van der Waals surface area contributed by atoms with Gasteiger partial charge < -0.3 is 15.5 Å². The fourth-order valence-electron chi connectivity index (χ4n) is 2.92. The van der Waals surface area contributed by atoms with Crippen molar-refractivity contribution in [3.05, 3.63) is 23.8 Å². The van der Waals surface area contributed by atoms with Crippen molar-refractivity contribution >= 4 is 32.7 Å². The maximum Gasteiger partial charge on any atom is 0.321 e. The van der Waals surface area contributed by atoms with E-state index in [-0.39, 0.29) is 0 Å². The van der Waals surface area contributed by atoms with Crippen LogP contribution in [0.15, 0.2) is 18.2 Å². The summed E-state index contributed by atoms with van der Waals surface area (Å²) < 4.78 is 0.888. The number of amides is 2. The second kappa shape index (κ2) is 7.78. The number of nitrogens with two attached hydrogens (primary N) is 1. The van der Waals surface area contributed by atoms with E-state index in [9.17, 15) is 4.79 Å². The average molecular weight is 358 g/mol. The first kappa shape index (κ1) is 17.6. The lowest BCUT2D eigenvalue weighted by Gasteiger charge is -2.32. The fourth-order valence-corrected chi connectivity index (χ4v) is 3.96. The van der Waals surface area contributed by atoms with E-state index < -0.39 is 6.03 Å². The Hall–Kier alpha value is -2.21. The molecule has 0 atom stereocenters. The van der Waals surface area contributed by atoms with E-state index >= 15 is 0 Å². The van der Waals surface area contributed by atoms with E-state index in [1.807, 2.05) is 0 Å². The van der Waals surface area contributed by atoms with Gasteiger partial charge in [-0.25, -0.2) is 9.78 Å². The molecular weight excluding hydrogens is 336 g/mol. The Balaban J connectivity index is 1.65. The van der Waals surface area contributed by atoms with Gasteiger partial charge in [-0.3, -0.25) is 4.90 Å². The van der Waals surface area contributed by atoms with Crippen molar-refractivity contribution in [2.24, 2.45) is 5.73 Å². The summed E-state index contributed by atoms with van der Waals surface area (Å²) >= 11 is 1.39. The zero-order valence-electron chi connectivity index (χ0n) is 14.3. The third kappa shape index (κ3) is 4.25. The van der Waals surface area contributed by atoms with E-state index in [1.54, 1.807) is 18.2 Å². The first-order valence-electron chi connectivity index (χ1n) is 8.35. The topological polar surface area (TPSA) is 89.5 Å². The highest BCUT2D eigenvalue weighted by Gasteiger charge is 2.19. The van der Waals surface area contributed by atoms with Gasteiger partial charge in [0.1, 0.15) is 0 Å². The molecule has 1 aromatic carbocycles. The highest BCUT2D eigenvalue weighted by atomic mass is 32.1. The summed E-state index contributed by atoms with van der Waals surface area (Å²) in [5.74, 6) is 0. The van der Waals surface area contributed by atoms with Gasteiger partial charge in [0, 0.05) is 32.7 Å². The van der Waals surface area contributed by atoms with Crippen molar-refractivity contribution in [1.29, 1.82) is 5.26 Å². The Morgan fingerprint density at radius 2 is 2.16 bits per heavy atom. The molecule has 0 saturated carbocycles. The Morgan fingerprint density at radius 1 is 1.40 bits per heavy atom. The number of nitriles is 1. The van der Waals surface area contributed by atoms with Gasteiger partial charge in [-0.2, -0.15) is 5.26 Å². The molecule has 1 saturated heterocycles. The van der Waals surface area contributed by atoms with Crippen LogP contribution in [0.2, 0.25) is 0 Å².